The van der Waals surface area contributed by atoms with E-state index in [-0.39, 0.29) is 11.8 Å². The monoisotopic (exact) mass is 437 g/mol. The summed E-state index contributed by atoms with van der Waals surface area (Å²) in [7, 11) is 1.82. The quantitative estimate of drug-likeness (QED) is 0.676. The summed E-state index contributed by atoms with van der Waals surface area (Å²) in [5.74, 6) is 0.595. The fourth-order valence-electron chi connectivity index (χ4n) is 3.64. The second-order valence-electron chi connectivity index (χ2n) is 7.82. The molecule has 1 aliphatic heterocycles. The Morgan fingerprint density at radius 2 is 1.94 bits per heavy atom. The van der Waals surface area contributed by atoms with Crippen LogP contribution in [0.1, 0.15) is 21.6 Å². The van der Waals surface area contributed by atoms with Crippen molar-refractivity contribution in [2.75, 3.05) is 36.9 Å². The number of aromatic nitrogens is 2. The highest BCUT2D eigenvalue weighted by molar-refractivity contribution is 6.31. The third-order valence-electron chi connectivity index (χ3n) is 5.38. The zero-order valence-corrected chi connectivity index (χ0v) is 18.5. The number of nitrogens with zero attached hydrogens (tertiary/aromatic N) is 4. The third-order valence-corrected chi connectivity index (χ3v) is 5.59. The molecule has 0 spiro atoms. The lowest BCUT2D eigenvalue weighted by Crippen LogP contribution is -2.48. The topological polar surface area (TPSA) is 70.5 Å². The fraction of sp³-hybridized carbons (Fsp3) is 0.261. The number of anilines is 2. The molecule has 160 valence electrons. The number of hydrogen-bond acceptors (Lipinski definition) is 4. The summed E-state index contributed by atoms with van der Waals surface area (Å²) in [5, 5.41) is 3.47. The minimum absolute atomic E-state index is 0.0992. The van der Waals surface area contributed by atoms with Gasteiger partial charge in [-0.1, -0.05) is 11.6 Å². The molecule has 2 amide bonds. The molecule has 1 saturated heterocycles. The highest BCUT2D eigenvalue weighted by Gasteiger charge is 2.21. The van der Waals surface area contributed by atoms with E-state index in [1.807, 2.05) is 60.7 Å². The zero-order valence-electron chi connectivity index (χ0n) is 17.7. The van der Waals surface area contributed by atoms with Gasteiger partial charge >= 0.3 is 0 Å². The molecule has 1 fully saturated rings. The van der Waals surface area contributed by atoms with Crippen LogP contribution in [0.5, 0.6) is 0 Å². The normalized spacial score (nSPS) is 14.1. The van der Waals surface area contributed by atoms with Crippen LogP contribution < -0.4 is 10.2 Å². The van der Waals surface area contributed by atoms with Gasteiger partial charge < -0.3 is 19.7 Å². The van der Waals surface area contributed by atoms with Gasteiger partial charge in [0.1, 0.15) is 5.82 Å². The van der Waals surface area contributed by atoms with Crippen LogP contribution in [0.3, 0.4) is 0 Å². The highest BCUT2D eigenvalue weighted by atomic mass is 35.5. The number of carbonyl (C=O) groups is 2. The predicted molar refractivity (Wildman–Crippen MR) is 122 cm³/mol. The first-order valence-electron chi connectivity index (χ1n) is 10.0. The van der Waals surface area contributed by atoms with Gasteiger partial charge in [0.05, 0.1) is 24.0 Å². The first kappa shape index (κ1) is 20.9. The molecular weight excluding hydrogens is 414 g/mol. The largest absolute Gasteiger partial charge is 0.359 e. The summed E-state index contributed by atoms with van der Waals surface area (Å²) in [6.45, 7) is 5.68. The molecular formula is C23H24ClN5O2. The van der Waals surface area contributed by atoms with Crippen LogP contribution in [-0.2, 0) is 4.79 Å². The van der Waals surface area contributed by atoms with Gasteiger partial charge in [0.2, 0.25) is 5.91 Å². The Labute approximate surface area is 186 Å². The Morgan fingerprint density at radius 3 is 2.61 bits per heavy atom. The average Bonchev–Trinajstić information content (AvgIpc) is 3.11. The van der Waals surface area contributed by atoms with Crippen molar-refractivity contribution in [3.8, 4) is 5.82 Å². The first-order chi connectivity index (χ1) is 14.8. The number of benzene rings is 1. The smallest absolute Gasteiger partial charge is 0.257 e. The predicted octanol–water partition coefficient (Wildman–Crippen LogP) is 3.67. The van der Waals surface area contributed by atoms with E-state index in [0.29, 0.717) is 35.2 Å². The maximum absolute atomic E-state index is 12.7. The van der Waals surface area contributed by atoms with Crippen LogP contribution in [0, 0.1) is 13.8 Å². The van der Waals surface area contributed by atoms with Crippen molar-refractivity contribution in [1.82, 2.24) is 14.5 Å². The minimum atomic E-state index is -0.212. The average molecular weight is 438 g/mol. The summed E-state index contributed by atoms with van der Waals surface area (Å²) in [6.07, 6.45) is 3.53. The van der Waals surface area contributed by atoms with E-state index in [1.54, 1.807) is 23.4 Å². The SMILES string of the molecule is Cc1cc(Cl)cc(NC(=O)c2cc(C)n(-c3ccc(N4CCN(C)C(=O)C4)cn3)c2)c1. The third kappa shape index (κ3) is 4.56. The van der Waals surface area contributed by atoms with Crippen LogP contribution in [0.2, 0.25) is 5.02 Å². The molecule has 8 heteroatoms. The van der Waals surface area contributed by atoms with Crippen LogP contribution in [0.25, 0.3) is 5.82 Å². The standard InChI is InChI=1S/C23H24ClN5O2/c1-15-8-18(24)11-19(9-15)26-23(31)17-10-16(2)29(13-17)21-5-4-20(12-25-21)28-7-6-27(3)22(30)14-28/h4-5,8-13H,6-7,14H2,1-3H3,(H,26,31). The number of pyridine rings is 1. The second-order valence-corrected chi connectivity index (χ2v) is 8.26. The van der Waals surface area contributed by atoms with E-state index < -0.39 is 0 Å². The number of aryl methyl sites for hydroxylation is 2. The van der Waals surface area contributed by atoms with Crippen molar-refractivity contribution in [3.63, 3.8) is 0 Å². The minimum Gasteiger partial charge on any atom is -0.359 e. The highest BCUT2D eigenvalue weighted by Crippen LogP contribution is 2.22. The van der Waals surface area contributed by atoms with Crippen LogP contribution in [-0.4, -0.2) is 52.9 Å². The molecule has 31 heavy (non-hydrogen) atoms. The molecule has 7 nitrogen and oxygen atoms in total. The number of piperazine rings is 1. The van der Waals surface area contributed by atoms with Gasteiger partial charge in [0.15, 0.2) is 0 Å². The van der Waals surface area contributed by atoms with Crippen molar-refractivity contribution in [1.29, 1.82) is 0 Å². The molecule has 1 N–H and O–H groups in total. The lowest BCUT2D eigenvalue weighted by Gasteiger charge is -2.33. The number of nitrogens with one attached hydrogen (secondary N) is 1. The molecule has 0 aliphatic carbocycles. The second kappa shape index (κ2) is 8.43. The maximum Gasteiger partial charge on any atom is 0.257 e. The summed E-state index contributed by atoms with van der Waals surface area (Å²) in [6, 6.07) is 11.1. The number of rotatable bonds is 4. The lowest BCUT2D eigenvalue weighted by molar-refractivity contribution is -0.129. The van der Waals surface area contributed by atoms with Crippen molar-refractivity contribution in [2.24, 2.45) is 0 Å². The zero-order chi connectivity index (χ0) is 22.1. The van der Waals surface area contributed by atoms with Gasteiger partial charge in [-0.3, -0.25) is 9.59 Å². The van der Waals surface area contributed by atoms with Gasteiger partial charge in [0, 0.05) is 42.7 Å². The van der Waals surface area contributed by atoms with Gasteiger partial charge in [0.25, 0.3) is 5.91 Å². The van der Waals surface area contributed by atoms with Crippen LogP contribution >= 0.6 is 11.6 Å². The van der Waals surface area contributed by atoms with Crippen molar-refractivity contribution in [2.45, 2.75) is 13.8 Å². The molecule has 0 atom stereocenters. The summed E-state index contributed by atoms with van der Waals surface area (Å²) >= 11 is 6.08. The molecule has 3 aromatic rings. The fourth-order valence-corrected chi connectivity index (χ4v) is 3.93. The van der Waals surface area contributed by atoms with Gasteiger partial charge in [-0.2, -0.15) is 0 Å². The number of halogens is 1. The molecule has 3 heterocycles. The molecule has 2 aromatic heterocycles. The first-order valence-corrected chi connectivity index (χ1v) is 10.4. The number of carbonyl (C=O) groups excluding carboxylic acids is 2. The van der Waals surface area contributed by atoms with E-state index in [2.05, 4.69) is 10.3 Å². The van der Waals surface area contributed by atoms with Gasteiger partial charge in [-0.25, -0.2) is 4.98 Å². The Bertz CT molecular complexity index is 1120. The van der Waals surface area contributed by atoms with Gasteiger partial charge in [-0.15, -0.1) is 0 Å². The van der Waals surface area contributed by atoms with Crippen molar-refractivity contribution >= 4 is 34.8 Å². The van der Waals surface area contributed by atoms with Crippen LogP contribution in [0.4, 0.5) is 11.4 Å². The van der Waals surface area contributed by atoms with Gasteiger partial charge in [-0.05, 0) is 55.8 Å². The number of amides is 2. The van der Waals surface area contributed by atoms with E-state index in [9.17, 15) is 9.59 Å². The maximum atomic E-state index is 12.7. The Kier molecular flexibility index (Phi) is 5.69. The Morgan fingerprint density at radius 1 is 1.13 bits per heavy atom. The summed E-state index contributed by atoms with van der Waals surface area (Å²) in [4.78, 5) is 33.0. The molecule has 0 bridgehead atoms. The number of hydrogen-bond donors (Lipinski definition) is 1. The van der Waals surface area contributed by atoms with Crippen molar-refractivity contribution < 1.29 is 9.59 Å². The van der Waals surface area contributed by atoms with Crippen LogP contribution in [0.15, 0.2) is 48.8 Å². The molecule has 1 aliphatic rings. The van der Waals surface area contributed by atoms with E-state index >= 15 is 0 Å². The molecule has 0 saturated carbocycles. The van der Waals surface area contributed by atoms with Crippen molar-refractivity contribution in [3.05, 3.63) is 70.6 Å². The molecule has 0 radical (unpaired) electrons. The Hall–Kier alpha value is -3.32. The molecule has 0 unspecified atom stereocenters. The van der Waals surface area contributed by atoms with E-state index in [4.69, 9.17) is 11.6 Å². The molecule has 1 aromatic carbocycles. The Balaban J connectivity index is 1.50. The summed E-state index contributed by atoms with van der Waals surface area (Å²) in [5.41, 5.74) is 3.96. The van der Waals surface area contributed by atoms with E-state index in [1.165, 1.54) is 0 Å². The molecule has 4 rings (SSSR count). The summed E-state index contributed by atoms with van der Waals surface area (Å²) < 4.78 is 1.87. The van der Waals surface area contributed by atoms with E-state index in [0.717, 1.165) is 23.5 Å². The lowest BCUT2D eigenvalue weighted by atomic mass is 10.2. The number of likely N-dealkylation sites (N-methyl/N-ethyl adjacent to an activating group) is 1.